The van der Waals surface area contributed by atoms with Crippen LogP contribution in [0.15, 0.2) is 135 Å². The Morgan fingerprint density at radius 3 is 2.07 bits per heavy atom. The molecule has 3 heterocycles. The van der Waals surface area contributed by atoms with E-state index in [1.54, 1.807) is 24.3 Å². The lowest BCUT2D eigenvalue weighted by Gasteiger charge is -2.27. The van der Waals surface area contributed by atoms with E-state index in [-0.39, 0.29) is 73.5 Å². The molecule has 0 fully saturated rings. The van der Waals surface area contributed by atoms with Gasteiger partial charge in [0.05, 0.1) is 45.1 Å². The molecule has 0 atom stereocenters. The Balaban J connectivity index is 1.18. The number of nitrogens with zero attached hydrogens (tertiary/aromatic N) is 6. The zero-order valence-electron chi connectivity index (χ0n) is 45.8. The molecule has 7 rings (SSSR count). The summed E-state index contributed by atoms with van der Waals surface area (Å²) in [6.45, 7) is 8.08. The first-order chi connectivity index (χ1) is 38.5. The molecule has 1 aromatic heterocycles. The molecule has 6 N–H and O–H groups in total. The Bertz CT molecular complexity index is 3810. The van der Waals surface area contributed by atoms with Crippen LogP contribution in [0.3, 0.4) is 0 Å². The first-order valence-corrected chi connectivity index (χ1v) is 32.6. The summed E-state index contributed by atoms with van der Waals surface area (Å²) in [4.78, 5) is 33.3. The largest absolute Gasteiger partial charge is 0.356 e. The standard InChI is InChI=1S/C56H66N8O14S4/c1-55(2)46-34-44(81(73,74)75)22-24-48(46)63(30-8-32-79(67,68)69)50(55)26-18-39-11-7-12-40(19-27-51-56(3,4)47-35-45(82(76,77)78)23-25-49(47)64(51)31-9-33-80(70,71)72)54(39)41-16-14-38(15-17-41)10-5-6-13-52(65)58-29-28-53(66)61-43-21-20-42(59-36-43)37-60-62-57/h14-27,34-36H,5-13,28-33,37H2,1-4H3,(H5-,58,61,65,66,67,68,69,70,71,72,73,74,75,76,77,78)/p+1. The quantitative estimate of drug-likeness (QED) is 0.00900. The third-order valence-corrected chi connectivity index (χ3v) is 18.1. The van der Waals surface area contributed by atoms with Gasteiger partial charge in [0, 0.05) is 77.5 Å². The highest BCUT2D eigenvalue weighted by molar-refractivity contribution is 7.86. The summed E-state index contributed by atoms with van der Waals surface area (Å²) < 4.78 is 138. The molecule has 3 aromatic carbocycles. The van der Waals surface area contributed by atoms with Crippen molar-refractivity contribution in [2.45, 2.75) is 119 Å². The number of rotatable bonds is 25. The Morgan fingerprint density at radius 2 is 1.43 bits per heavy atom. The van der Waals surface area contributed by atoms with Crippen molar-refractivity contribution in [3.8, 4) is 0 Å². The molecule has 26 heteroatoms. The second-order valence-electron chi connectivity index (χ2n) is 21.3. The Morgan fingerprint density at radius 1 is 0.756 bits per heavy atom. The molecule has 0 spiro atoms. The Labute approximate surface area is 478 Å². The number of anilines is 2. The van der Waals surface area contributed by atoms with Crippen LogP contribution in [0.5, 0.6) is 0 Å². The Kier molecular flexibility index (Phi) is 19.7. The average Bonchev–Trinajstić information content (AvgIpc) is 3.73. The predicted molar refractivity (Wildman–Crippen MR) is 311 cm³/mol. The fourth-order valence-corrected chi connectivity index (χ4v) is 12.7. The highest BCUT2D eigenvalue weighted by atomic mass is 32.2. The first kappa shape index (κ1) is 62.7. The number of unbranched alkanes of at least 4 members (excludes halogenated alkanes) is 1. The molecule has 4 aromatic rings. The molecular weight excluding hydrogens is 1140 g/mol. The maximum absolute atomic E-state index is 12.7. The summed E-state index contributed by atoms with van der Waals surface area (Å²) in [6.07, 6.45) is 13.5. The van der Waals surface area contributed by atoms with Gasteiger partial charge in [0.1, 0.15) is 6.54 Å². The maximum atomic E-state index is 12.7. The number of pyridine rings is 1. The number of benzene rings is 3. The van der Waals surface area contributed by atoms with Crippen LogP contribution in [0.4, 0.5) is 17.1 Å². The third-order valence-electron chi connectivity index (χ3n) is 14.8. The van der Waals surface area contributed by atoms with Crippen LogP contribution in [0, 0.1) is 0 Å². The molecule has 2 aliphatic heterocycles. The van der Waals surface area contributed by atoms with E-state index in [0.717, 1.165) is 27.8 Å². The molecule has 0 unspecified atom stereocenters. The predicted octanol–water partition coefficient (Wildman–Crippen LogP) is 8.98. The van der Waals surface area contributed by atoms with Gasteiger partial charge in [0.15, 0.2) is 5.71 Å². The van der Waals surface area contributed by atoms with Crippen LogP contribution in [-0.2, 0) is 73.9 Å². The number of fused-ring (bicyclic) bond motifs is 2. The molecule has 0 bridgehead atoms. The van der Waals surface area contributed by atoms with Crippen molar-refractivity contribution in [1.29, 1.82) is 0 Å². The highest BCUT2D eigenvalue weighted by Crippen LogP contribution is 2.49. The van der Waals surface area contributed by atoms with E-state index in [4.69, 9.17) is 5.53 Å². The van der Waals surface area contributed by atoms with E-state index in [2.05, 4.69) is 25.6 Å². The van der Waals surface area contributed by atoms with E-state index in [1.807, 2.05) is 85.7 Å². The zero-order chi connectivity index (χ0) is 59.8. The lowest BCUT2D eigenvalue weighted by molar-refractivity contribution is -0.437. The summed E-state index contributed by atoms with van der Waals surface area (Å²) in [5.74, 6) is -1.53. The Hall–Kier alpha value is -6.87. The molecule has 1 aliphatic carbocycles. The number of hydrogen-bond acceptors (Lipinski definition) is 13. The topological polar surface area (TPSA) is 344 Å². The number of aromatic nitrogens is 1. The molecule has 0 saturated heterocycles. The van der Waals surface area contributed by atoms with Crippen molar-refractivity contribution < 1.29 is 66.0 Å². The number of hydrogen-bond donors (Lipinski definition) is 6. The zero-order valence-corrected chi connectivity index (χ0v) is 49.1. The molecule has 0 radical (unpaired) electrons. The first-order valence-electron chi connectivity index (χ1n) is 26.5. The van der Waals surface area contributed by atoms with Gasteiger partial charge in [-0.1, -0.05) is 55.4 Å². The van der Waals surface area contributed by atoms with Crippen molar-refractivity contribution in [2.75, 3.05) is 41.4 Å². The summed E-state index contributed by atoms with van der Waals surface area (Å²) in [7, 11) is -17.8. The van der Waals surface area contributed by atoms with Crippen LogP contribution in [0.2, 0.25) is 0 Å². The van der Waals surface area contributed by atoms with Gasteiger partial charge >= 0.3 is 0 Å². The van der Waals surface area contributed by atoms with Crippen LogP contribution in [0.1, 0.15) is 113 Å². The molecule has 22 nitrogen and oxygen atoms in total. The summed E-state index contributed by atoms with van der Waals surface area (Å²) in [6, 6.07) is 19.8. The van der Waals surface area contributed by atoms with Gasteiger partial charge in [-0.2, -0.15) is 38.2 Å². The summed E-state index contributed by atoms with van der Waals surface area (Å²) >= 11 is 0. The van der Waals surface area contributed by atoms with Gasteiger partial charge in [-0.05, 0) is 146 Å². The highest BCUT2D eigenvalue weighted by Gasteiger charge is 2.45. The summed E-state index contributed by atoms with van der Waals surface area (Å²) in [5, 5.41) is 8.97. The molecule has 2 amide bonds. The van der Waals surface area contributed by atoms with Crippen molar-refractivity contribution >= 4 is 80.6 Å². The van der Waals surface area contributed by atoms with Crippen LogP contribution in [-0.4, -0.2) is 110 Å². The van der Waals surface area contributed by atoms with Crippen molar-refractivity contribution in [3.05, 3.63) is 159 Å². The van der Waals surface area contributed by atoms with Crippen molar-refractivity contribution in [1.82, 2.24) is 10.3 Å². The minimum atomic E-state index is -4.59. The average molecular weight is 1200 g/mol. The number of allylic oxidation sites excluding steroid dienone is 8. The minimum absolute atomic E-state index is 0.0325. The molecule has 0 saturated carbocycles. The van der Waals surface area contributed by atoms with Crippen LogP contribution in [0.25, 0.3) is 16.0 Å². The van der Waals surface area contributed by atoms with E-state index in [0.29, 0.717) is 83.8 Å². The van der Waals surface area contributed by atoms with Gasteiger partial charge in [0.2, 0.25) is 17.5 Å². The second kappa shape index (κ2) is 25.7. The smallest absolute Gasteiger partial charge is 0.294 e. The van der Waals surface area contributed by atoms with E-state index in [1.165, 1.54) is 30.5 Å². The lowest BCUT2D eigenvalue weighted by atomic mass is 9.79. The van der Waals surface area contributed by atoms with Gasteiger partial charge < -0.3 is 15.5 Å². The monoisotopic (exact) mass is 1200 g/mol. The van der Waals surface area contributed by atoms with Crippen molar-refractivity contribution in [2.24, 2.45) is 5.11 Å². The summed E-state index contributed by atoms with van der Waals surface area (Å²) in [5.41, 5.74) is 16.1. The second-order valence-corrected chi connectivity index (χ2v) is 27.3. The maximum Gasteiger partial charge on any atom is 0.294 e. The number of azide groups is 1. The van der Waals surface area contributed by atoms with Gasteiger partial charge in [-0.25, -0.2) is 0 Å². The number of carbonyl (C=O) groups is 2. The third kappa shape index (κ3) is 16.0. The van der Waals surface area contributed by atoms with Crippen LogP contribution >= 0.6 is 0 Å². The van der Waals surface area contributed by atoms with E-state index < -0.39 is 62.8 Å². The minimum Gasteiger partial charge on any atom is -0.356 e. The number of nitrogens with one attached hydrogen (secondary N) is 2. The lowest BCUT2D eigenvalue weighted by Crippen LogP contribution is -2.28. The van der Waals surface area contributed by atoms with E-state index >= 15 is 0 Å². The molecular formula is C56H67N8O14S4+. The van der Waals surface area contributed by atoms with Gasteiger partial charge in [-0.3, -0.25) is 32.8 Å². The fourth-order valence-electron chi connectivity index (χ4n) is 10.7. The van der Waals surface area contributed by atoms with E-state index in [9.17, 15) is 61.5 Å². The molecule has 3 aliphatic rings. The molecule has 438 valence electrons. The SMILES string of the molecule is CC1(C)C(=CC=C2CCCC(C=CC3=[N+](CCCS(=O)(=O)O)c4ccc(S(=O)(=O)O)cc4C3(C)C)=C2c2ccc(CCCCC(=O)NCCC(=O)Nc3ccc(CN=[N+]=[N-])nc3)cc2)N(CCCS(=O)(=O)O)c2ccc(S(=O)(=O)O)cc21. The number of amides is 2. The normalized spacial score (nSPS) is 17.1. The van der Waals surface area contributed by atoms with Gasteiger partial charge in [-0.15, -0.1) is 0 Å². The number of carbonyl (C=O) groups excluding carboxylic acids is 2. The van der Waals surface area contributed by atoms with Crippen LogP contribution < -0.4 is 15.5 Å². The van der Waals surface area contributed by atoms with Gasteiger partial charge in [0.25, 0.3) is 40.5 Å². The number of aryl methyl sites for hydroxylation is 1. The fraction of sp³-hybridized carbons (Fsp3) is 0.393. The molecule has 82 heavy (non-hydrogen) atoms. The van der Waals surface area contributed by atoms with Crippen molar-refractivity contribution in [3.63, 3.8) is 0 Å².